The molecule has 3 rings (SSSR count). The van der Waals surface area contributed by atoms with Gasteiger partial charge in [0.1, 0.15) is 0 Å². The number of fused-ring (bicyclic) bond motifs is 1. The first-order valence-corrected chi connectivity index (χ1v) is 7.31. The second kappa shape index (κ2) is 5.20. The van der Waals surface area contributed by atoms with Gasteiger partial charge in [0.2, 0.25) is 0 Å². The third-order valence-corrected chi connectivity index (χ3v) is 4.09. The van der Waals surface area contributed by atoms with Crippen molar-refractivity contribution in [3.63, 3.8) is 0 Å². The molecule has 0 amide bonds. The Bertz CT molecular complexity index is 619. The smallest absolute Gasteiger partial charge is 0.0450 e. The monoisotopic (exact) mass is 266 g/mol. The maximum absolute atomic E-state index is 6.13. The van der Waals surface area contributed by atoms with Crippen LogP contribution in [-0.4, -0.2) is 6.54 Å². The van der Waals surface area contributed by atoms with Crippen molar-refractivity contribution in [2.45, 2.75) is 26.8 Å². The molecule has 0 bridgehead atoms. The van der Waals surface area contributed by atoms with E-state index in [2.05, 4.69) is 55.1 Å². The minimum atomic E-state index is 0.691. The number of benzene rings is 2. The van der Waals surface area contributed by atoms with Gasteiger partial charge >= 0.3 is 0 Å². The molecule has 2 aromatic rings. The molecule has 1 unspecified atom stereocenters. The molecule has 2 N–H and O–H groups in total. The second-order valence-electron chi connectivity index (χ2n) is 6.02. The Balaban J connectivity index is 1.93. The zero-order valence-corrected chi connectivity index (χ0v) is 12.3. The largest absolute Gasteiger partial charge is 0.398 e. The van der Waals surface area contributed by atoms with E-state index >= 15 is 0 Å². The SMILES string of the molecule is Cc1ccc(N)c(CN2CC(C)Cc3ccccc32)c1. The van der Waals surface area contributed by atoms with Gasteiger partial charge in [-0.3, -0.25) is 0 Å². The van der Waals surface area contributed by atoms with Gasteiger partial charge in [-0.15, -0.1) is 0 Å². The molecule has 0 radical (unpaired) electrons. The fourth-order valence-electron chi connectivity index (χ4n) is 3.13. The quantitative estimate of drug-likeness (QED) is 0.838. The van der Waals surface area contributed by atoms with Crippen molar-refractivity contribution >= 4 is 11.4 Å². The van der Waals surface area contributed by atoms with Crippen molar-refractivity contribution in [3.8, 4) is 0 Å². The van der Waals surface area contributed by atoms with E-state index in [9.17, 15) is 0 Å². The lowest BCUT2D eigenvalue weighted by molar-refractivity contribution is 0.530. The summed E-state index contributed by atoms with van der Waals surface area (Å²) in [5, 5.41) is 0. The van der Waals surface area contributed by atoms with Crippen molar-refractivity contribution < 1.29 is 0 Å². The number of aryl methyl sites for hydroxylation is 1. The molecule has 1 heterocycles. The lowest BCUT2D eigenvalue weighted by Crippen LogP contribution is -2.34. The summed E-state index contributed by atoms with van der Waals surface area (Å²) < 4.78 is 0. The normalized spacial score (nSPS) is 17.9. The van der Waals surface area contributed by atoms with E-state index in [-0.39, 0.29) is 0 Å². The number of nitrogen functional groups attached to an aromatic ring is 1. The second-order valence-corrected chi connectivity index (χ2v) is 6.02. The van der Waals surface area contributed by atoms with Gasteiger partial charge < -0.3 is 10.6 Å². The van der Waals surface area contributed by atoms with Crippen molar-refractivity contribution in [3.05, 3.63) is 59.2 Å². The number of hydrogen-bond donors (Lipinski definition) is 1. The molecule has 0 aromatic heterocycles. The molecule has 2 nitrogen and oxygen atoms in total. The molecule has 0 saturated carbocycles. The summed E-state index contributed by atoms with van der Waals surface area (Å²) in [4.78, 5) is 2.47. The molecule has 0 saturated heterocycles. The number of para-hydroxylation sites is 1. The highest BCUT2D eigenvalue weighted by molar-refractivity contribution is 5.58. The fraction of sp³-hybridized carbons (Fsp3) is 0.333. The minimum Gasteiger partial charge on any atom is -0.398 e. The summed E-state index contributed by atoms with van der Waals surface area (Å²) in [6.45, 7) is 6.44. The van der Waals surface area contributed by atoms with Crippen molar-refractivity contribution in [2.75, 3.05) is 17.2 Å². The lowest BCUT2D eigenvalue weighted by atomic mass is 9.93. The maximum Gasteiger partial charge on any atom is 0.0450 e. The van der Waals surface area contributed by atoms with Crippen LogP contribution in [-0.2, 0) is 13.0 Å². The van der Waals surface area contributed by atoms with Gasteiger partial charge in [0.15, 0.2) is 0 Å². The van der Waals surface area contributed by atoms with Crippen LogP contribution in [0, 0.1) is 12.8 Å². The standard InChI is InChI=1S/C18H22N2/c1-13-7-8-17(19)16(9-13)12-20-11-14(2)10-15-5-3-4-6-18(15)20/h3-9,14H,10-12,19H2,1-2H3. The summed E-state index contributed by atoms with van der Waals surface area (Å²) >= 11 is 0. The predicted molar refractivity (Wildman–Crippen MR) is 86.0 cm³/mol. The van der Waals surface area contributed by atoms with Crippen LogP contribution >= 0.6 is 0 Å². The number of nitrogens with two attached hydrogens (primary N) is 1. The van der Waals surface area contributed by atoms with E-state index in [0.717, 1.165) is 18.8 Å². The van der Waals surface area contributed by atoms with Crippen LogP contribution in [0.1, 0.15) is 23.6 Å². The molecule has 0 spiro atoms. The zero-order chi connectivity index (χ0) is 14.1. The first kappa shape index (κ1) is 13.0. The molecular weight excluding hydrogens is 244 g/mol. The van der Waals surface area contributed by atoms with Crippen LogP contribution in [0.15, 0.2) is 42.5 Å². The molecule has 20 heavy (non-hydrogen) atoms. The number of rotatable bonds is 2. The van der Waals surface area contributed by atoms with Crippen molar-refractivity contribution in [1.82, 2.24) is 0 Å². The third-order valence-electron chi connectivity index (χ3n) is 4.09. The summed E-state index contributed by atoms with van der Waals surface area (Å²) in [7, 11) is 0. The Morgan fingerprint density at radius 3 is 2.85 bits per heavy atom. The molecule has 104 valence electrons. The molecule has 2 aromatic carbocycles. The molecule has 2 heteroatoms. The van der Waals surface area contributed by atoms with E-state index in [0.29, 0.717) is 5.92 Å². The Labute approximate surface area is 121 Å². The first-order valence-electron chi connectivity index (χ1n) is 7.31. The summed E-state index contributed by atoms with van der Waals surface area (Å²) in [6, 6.07) is 15.0. The van der Waals surface area contributed by atoms with E-state index < -0.39 is 0 Å². The van der Waals surface area contributed by atoms with Crippen LogP contribution in [0.4, 0.5) is 11.4 Å². The van der Waals surface area contributed by atoms with E-state index in [1.54, 1.807) is 0 Å². The summed E-state index contributed by atoms with van der Waals surface area (Å²) in [5.74, 6) is 0.691. The van der Waals surface area contributed by atoms with E-state index in [1.165, 1.54) is 28.8 Å². The number of nitrogens with zero attached hydrogens (tertiary/aromatic N) is 1. The van der Waals surface area contributed by atoms with Crippen LogP contribution in [0.2, 0.25) is 0 Å². The van der Waals surface area contributed by atoms with Gasteiger partial charge in [-0.25, -0.2) is 0 Å². The third kappa shape index (κ3) is 2.51. The Morgan fingerprint density at radius 2 is 2.00 bits per heavy atom. The molecular formula is C18H22N2. The van der Waals surface area contributed by atoms with Gasteiger partial charge in [-0.2, -0.15) is 0 Å². The van der Waals surface area contributed by atoms with Crippen LogP contribution in [0.3, 0.4) is 0 Å². The van der Waals surface area contributed by atoms with Crippen molar-refractivity contribution in [1.29, 1.82) is 0 Å². The highest BCUT2D eigenvalue weighted by Gasteiger charge is 2.21. The van der Waals surface area contributed by atoms with Crippen LogP contribution in [0.25, 0.3) is 0 Å². The number of anilines is 2. The maximum atomic E-state index is 6.13. The van der Waals surface area contributed by atoms with Crippen molar-refractivity contribution in [2.24, 2.45) is 5.92 Å². The molecule has 0 fully saturated rings. The highest BCUT2D eigenvalue weighted by atomic mass is 15.1. The molecule has 0 aliphatic carbocycles. The Morgan fingerprint density at radius 1 is 1.20 bits per heavy atom. The minimum absolute atomic E-state index is 0.691. The molecule has 1 atom stereocenters. The van der Waals surface area contributed by atoms with E-state index in [1.807, 2.05) is 6.07 Å². The summed E-state index contributed by atoms with van der Waals surface area (Å²) in [5.41, 5.74) is 12.4. The van der Waals surface area contributed by atoms with Gasteiger partial charge in [-0.05, 0) is 42.5 Å². The molecule has 1 aliphatic rings. The average molecular weight is 266 g/mol. The van der Waals surface area contributed by atoms with Gasteiger partial charge in [0.05, 0.1) is 0 Å². The topological polar surface area (TPSA) is 29.3 Å². The summed E-state index contributed by atoms with van der Waals surface area (Å²) in [6.07, 6.45) is 1.18. The fourth-order valence-corrected chi connectivity index (χ4v) is 3.13. The van der Waals surface area contributed by atoms with Crippen LogP contribution in [0.5, 0.6) is 0 Å². The highest BCUT2D eigenvalue weighted by Crippen LogP contribution is 2.31. The lowest BCUT2D eigenvalue weighted by Gasteiger charge is -2.35. The predicted octanol–water partition coefficient (Wildman–Crippen LogP) is 3.78. The Hall–Kier alpha value is -1.96. The average Bonchev–Trinajstić information content (AvgIpc) is 2.43. The van der Waals surface area contributed by atoms with Gasteiger partial charge in [0, 0.05) is 24.5 Å². The Kier molecular flexibility index (Phi) is 3.39. The first-order chi connectivity index (χ1) is 9.63. The molecule has 1 aliphatic heterocycles. The zero-order valence-electron chi connectivity index (χ0n) is 12.3. The van der Waals surface area contributed by atoms with Gasteiger partial charge in [0.25, 0.3) is 0 Å². The van der Waals surface area contributed by atoms with Gasteiger partial charge in [-0.1, -0.05) is 42.8 Å². The van der Waals surface area contributed by atoms with Crippen LogP contribution < -0.4 is 10.6 Å². The number of hydrogen-bond acceptors (Lipinski definition) is 2. The van der Waals surface area contributed by atoms with E-state index in [4.69, 9.17) is 5.73 Å².